The summed E-state index contributed by atoms with van der Waals surface area (Å²) in [5.74, 6) is 0.335. The summed E-state index contributed by atoms with van der Waals surface area (Å²) in [4.78, 5) is 37.0. The van der Waals surface area contributed by atoms with E-state index in [0.717, 1.165) is 0 Å². The number of sulfonamides is 1. The van der Waals surface area contributed by atoms with Crippen LogP contribution in [0.25, 0.3) is 0 Å². The summed E-state index contributed by atoms with van der Waals surface area (Å²) < 4.78 is 33.9. The molecule has 2 aromatic heterocycles. The van der Waals surface area contributed by atoms with E-state index < -0.39 is 15.9 Å². The number of hydrogen-bond acceptors (Lipinski definition) is 8. The van der Waals surface area contributed by atoms with Gasteiger partial charge < -0.3 is 24.8 Å². The zero-order chi connectivity index (χ0) is 24.5. The van der Waals surface area contributed by atoms with Gasteiger partial charge in [-0.25, -0.2) is 13.4 Å². The van der Waals surface area contributed by atoms with Crippen LogP contribution in [0.2, 0.25) is 0 Å². The van der Waals surface area contributed by atoms with Gasteiger partial charge in [0, 0.05) is 70.7 Å². The molecule has 0 aliphatic carbocycles. The van der Waals surface area contributed by atoms with Gasteiger partial charge in [-0.1, -0.05) is 0 Å². The standard InChI is InChI=1S/C21H29N7O5S/c1-25-14-16(13-17(25)19(22)29)34(31,32)28-11-9-26(10-12-28)20(30)15-4-7-27(8-5-15)21-23-6-3-18(24-21)33-2/h3,6,13-15H,4-5,7-12H2,1-2H3,(H2,22,29). The number of aromatic nitrogens is 3. The van der Waals surface area contributed by atoms with Crippen molar-refractivity contribution in [2.45, 2.75) is 17.7 Å². The molecular weight excluding hydrogens is 462 g/mol. The first kappa shape index (κ1) is 24.0. The zero-order valence-electron chi connectivity index (χ0n) is 19.3. The quantitative estimate of drug-likeness (QED) is 0.579. The van der Waals surface area contributed by atoms with E-state index in [1.165, 1.54) is 21.1 Å². The molecule has 0 atom stereocenters. The van der Waals surface area contributed by atoms with Crippen LogP contribution in [0.15, 0.2) is 29.4 Å². The number of primary amides is 1. The molecule has 2 aliphatic rings. The number of hydrogen-bond donors (Lipinski definition) is 1. The Kier molecular flexibility index (Phi) is 6.75. The molecule has 184 valence electrons. The van der Waals surface area contributed by atoms with Gasteiger partial charge in [0.1, 0.15) is 10.6 Å². The van der Waals surface area contributed by atoms with Gasteiger partial charge in [0.25, 0.3) is 5.91 Å². The second-order valence-corrected chi connectivity index (χ2v) is 10.4. The Labute approximate surface area is 198 Å². The lowest BCUT2D eigenvalue weighted by Crippen LogP contribution is -2.52. The van der Waals surface area contributed by atoms with Gasteiger partial charge in [-0.15, -0.1) is 0 Å². The molecule has 0 radical (unpaired) electrons. The molecule has 13 heteroatoms. The summed E-state index contributed by atoms with van der Waals surface area (Å²) >= 11 is 0. The normalized spacial score (nSPS) is 18.2. The Balaban J connectivity index is 1.32. The minimum absolute atomic E-state index is 0.0238. The summed E-state index contributed by atoms with van der Waals surface area (Å²) in [5, 5.41) is 0. The molecule has 0 unspecified atom stereocenters. The number of nitrogens with two attached hydrogens (primary N) is 1. The van der Waals surface area contributed by atoms with Crippen LogP contribution in [0.1, 0.15) is 23.3 Å². The maximum absolute atomic E-state index is 13.1. The SMILES string of the molecule is COc1ccnc(N2CCC(C(=O)N3CCN(S(=O)(=O)c4cc(C(N)=O)n(C)c4)CC3)CC2)n1. The van der Waals surface area contributed by atoms with Crippen molar-refractivity contribution >= 4 is 27.8 Å². The number of carbonyl (C=O) groups excluding carboxylic acids is 2. The van der Waals surface area contributed by atoms with Gasteiger partial charge in [0.05, 0.1) is 7.11 Å². The average molecular weight is 492 g/mol. The monoisotopic (exact) mass is 491 g/mol. The number of rotatable bonds is 6. The lowest BCUT2D eigenvalue weighted by molar-refractivity contribution is -0.137. The fourth-order valence-corrected chi connectivity index (χ4v) is 5.90. The zero-order valence-corrected chi connectivity index (χ0v) is 20.1. The molecule has 2 aromatic rings. The summed E-state index contributed by atoms with van der Waals surface area (Å²) in [6.07, 6.45) is 4.39. The van der Waals surface area contributed by atoms with Gasteiger partial charge in [0.15, 0.2) is 0 Å². The van der Waals surface area contributed by atoms with E-state index in [2.05, 4.69) is 9.97 Å². The van der Waals surface area contributed by atoms with Crippen LogP contribution in [0.3, 0.4) is 0 Å². The van der Waals surface area contributed by atoms with Crippen molar-refractivity contribution < 1.29 is 22.7 Å². The second-order valence-electron chi connectivity index (χ2n) is 8.43. The Bertz CT molecular complexity index is 1170. The first-order valence-corrected chi connectivity index (χ1v) is 12.5. The summed E-state index contributed by atoms with van der Waals surface area (Å²) in [7, 11) is -0.652. The molecule has 2 amide bonds. The summed E-state index contributed by atoms with van der Waals surface area (Å²) in [5.41, 5.74) is 5.42. The predicted molar refractivity (Wildman–Crippen MR) is 123 cm³/mol. The maximum atomic E-state index is 13.1. The molecule has 2 fully saturated rings. The number of nitrogens with zero attached hydrogens (tertiary/aromatic N) is 6. The molecule has 2 N–H and O–H groups in total. The van der Waals surface area contributed by atoms with E-state index >= 15 is 0 Å². The molecule has 4 rings (SSSR count). The average Bonchev–Trinajstić information content (AvgIpc) is 3.26. The van der Waals surface area contributed by atoms with Crippen LogP contribution in [0, 0.1) is 5.92 Å². The lowest BCUT2D eigenvalue weighted by Gasteiger charge is -2.38. The van der Waals surface area contributed by atoms with E-state index in [-0.39, 0.29) is 35.5 Å². The number of methoxy groups -OCH3 is 1. The van der Waals surface area contributed by atoms with E-state index in [1.54, 1.807) is 31.3 Å². The molecule has 0 spiro atoms. The Morgan fingerprint density at radius 1 is 1.12 bits per heavy atom. The molecule has 0 saturated carbocycles. The molecule has 12 nitrogen and oxygen atoms in total. The van der Waals surface area contributed by atoms with Crippen LogP contribution in [0.4, 0.5) is 5.95 Å². The highest BCUT2D eigenvalue weighted by Gasteiger charge is 2.35. The molecular formula is C21H29N7O5S. The lowest BCUT2D eigenvalue weighted by atomic mass is 9.95. The Morgan fingerprint density at radius 2 is 1.79 bits per heavy atom. The van der Waals surface area contributed by atoms with Gasteiger partial charge in [0.2, 0.25) is 27.8 Å². The van der Waals surface area contributed by atoms with Crippen LogP contribution < -0.4 is 15.4 Å². The third-order valence-electron chi connectivity index (χ3n) is 6.37. The number of piperidine rings is 1. The molecule has 4 heterocycles. The highest BCUT2D eigenvalue weighted by Crippen LogP contribution is 2.25. The highest BCUT2D eigenvalue weighted by molar-refractivity contribution is 7.89. The van der Waals surface area contributed by atoms with Gasteiger partial charge in [-0.3, -0.25) is 9.59 Å². The number of piperazine rings is 1. The maximum Gasteiger partial charge on any atom is 0.265 e. The Hall–Kier alpha value is -3.19. The molecule has 0 aromatic carbocycles. The van der Waals surface area contributed by atoms with E-state index in [9.17, 15) is 18.0 Å². The smallest absolute Gasteiger partial charge is 0.265 e. The topological polar surface area (TPSA) is 144 Å². The minimum atomic E-state index is -3.78. The van der Waals surface area contributed by atoms with Gasteiger partial charge >= 0.3 is 0 Å². The Morgan fingerprint density at radius 3 is 2.38 bits per heavy atom. The van der Waals surface area contributed by atoms with Crippen LogP contribution in [-0.4, -0.2) is 90.4 Å². The highest BCUT2D eigenvalue weighted by atomic mass is 32.2. The number of aryl methyl sites for hydroxylation is 1. The van der Waals surface area contributed by atoms with Crippen LogP contribution in [0.5, 0.6) is 5.88 Å². The summed E-state index contributed by atoms with van der Waals surface area (Å²) in [6.45, 7) is 2.37. The molecule has 2 saturated heterocycles. The fourth-order valence-electron chi connectivity index (χ4n) is 4.40. The van der Waals surface area contributed by atoms with E-state index in [4.69, 9.17) is 10.5 Å². The molecule has 2 aliphatic heterocycles. The predicted octanol–water partition coefficient (Wildman–Crippen LogP) is -0.328. The number of ether oxygens (including phenoxy) is 1. The fraction of sp³-hybridized carbons (Fsp3) is 0.524. The van der Waals surface area contributed by atoms with Crippen molar-refractivity contribution in [3.8, 4) is 5.88 Å². The molecule has 34 heavy (non-hydrogen) atoms. The first-order chi connectivity index (χ1) is 16.2. The van der Waals surface area contributed by atoms with Crippen LogP contribution >= 0.6 is 0 Å². The summed E-state index contributed by atoms with van der Waals surface area (Å²) in [6, 6.07) is 2.98. The molecule has 0 bridgehead atoms. The first-order valence-electron chi connectivity index (χ1n) is 11.1. The van der Waals surface area contributed by atoms with Gasteiger partial charge in [-0.05, 0) is 18.9 Å². The van der Waals surface area contributed by atoms with Crippen molar-refractivity contribution in [2.24, 2.45) is 18.7 Å². The van der Waals surface area contributed by atoms with Crippen molar-refractivity contribution in [3.63, 3.8) is 0 Å². The number of carbonyl (C=O) groups is 2. The van der Waals surface area contributed by atoms with Crippen molar-refractivity contribution in [1.29, 1.82) is 0 Å². The minimum Gasteiger partial charge on any atom is -0.481 e. The second kappa shape index (κ2) is 9.58. The van der Waals surface area contributed by atoms with E-state index in [0.29, 0.717) is 50.8 Å². The van der Waals surface area contributed by atoms with Crippen molar-refractivity contribution in [3.05, 3.63) is 30.2 Å². The van der Waals surface area contributed by atoms with Crippen molar-refractivity contribution in [1.82, 2.24) is 23.7 Å². The largest absolute Gasteiger partial charge is 0.481 e. The van der Waals surface area contributed by atoms with Crippen molar-refractivity contribution in [2.75, 3.05) is 51.3 Å². The third-order valence-corrected chi connectivity index (χ3v) is 8.24. The van der Waals surface area contributed by atoms with Crippen LogP contribution in [-0.2, 0) is 21.9 Å². The number of amides is 2. The van der Waals surface area contributed by atoms with Gasteiger partial charge in [-0.2, -0.15) is 9.29 Å². The third kappa shape index (κ3) is 4.71. The number of anilines is 1. The van der Waals surface area contributed by atoms with E-state index in [1.807, 2.05) is 4.90 Å².